The summed E-state index contributed by atoms with van der Waals surface area (Å²) in [5, 5.41) is 7.08. The number of thiazole rings is 1. The first-order valence-electron chi connectivity index (χ1n) is 7.55. The number of hydrogen-bond donors (Lipinski definition) is 1. The summed E-state index contributed by atoms with van der Waals surface area (Å²) in [4.78, 5) is 7.17. The van der Waals surface area contributed by atoms with Crippen molar-refractivity contribution in [2.24, 2.45) is 5.92 Å². The minimum Gasteiger partial charge on any atom is -0.311 e. The van der Waals surface area contributed by atoms with Crippen LogP contribution < -0.4 is 5.32 Å². The summed E-state index contributed by atoms with van der Waals surface area (Å²) in [6, 6.07) is 1.70. The zero-order valence-electron chi connectivity index (χ0n) is 12.6. The van der Waals surface area contributed by atoms with Crippen LogP contribution in [0.25, 0.3) is 0 Å². The van der Waals surface area contributed by atoms with Gasteiger partial charge < -0.3 is 5.32 Å². The highest BCUT2D eigenvalue weighted by Crippen LogP contribution is 2.28. The number of hydrogen-bond acceptors (Lipinski definition) is 4. The normalized spacial score (nSPS) is 28.2. The summed E-state index contributed by atoms with van der Waals surface area (Å²) in [6.45, 7) is 11.5. The van der Waals surface area contributed by atoms with E-state index < -0.39 is 0 Å². The summed E-state index contributed by atoms with van der Waals surface area (Å²) >= 11 is 1.78. The van der Waals surface area contributed by atoms with Gasteiger partial charge in [0.2, 0.25) is 0 Å². The van der Waals surface area contributed by atoms with E-state index in [2.05, 4.69) is 48.3 Å². The average Bonchev–Trinajstić information content (AvgIpc) is 2.99. The van der Waals surface area contributed by atoms with Crippen LogP contribution in [-0.4, -0.2) is 35.1 Å². The fraction of sp³-hybridized carbons (Fsp3) is 0.800. The molecule has 19 heavy (non-hydrogen) atoms. The zero-order chi connectivity index (χ0) is 13.8. The SMILES string of the molecule is CCC(C)C1CN(C(C)c2nccs2)C(CC)CN1. The molecule has 0 amide bonds. The van der Waals surface area contributed by atoms with Gasteiger partial charge in [0.05, 0.1) is 6.04 Å². The quantitative estimate of drug-likeness (QED) is 0.897. The molecule has 4 heteroatoms. The summed E-state index contributed by atoms with van der Waals surface area (Å²) < 4.78 is 0. The molecule has 1 aromatic heterocycles. The van der Waals surface area contributed by atoms with Crippen molar-refractivity contribution in [2.45, 2.75) is 58.7 Å². The Morgan fingerprint density at radius 3 is 2.84 bits per heavy atom. The van der Waals surface area contributed by atoms with Crippen molar-refractivity contribution in [2.75, 3.05) is 13.1 Å². The van der Waals surface area contributed by atoms with Crippen LogP contribution in [0.1, 0.15) is 51.6 Å². The van der Waals surface area contributed by atoms with E-state index >= 15 is 0 Å². The van der Waals surface area contributed by atoms with Gasteiger partial charge in [-0.2, -0.15) is 0 Å². The Hall–Kier alpha value is -0.450. The lowest BCUT2D eigenvalue weighted by Crippen LogP contribution is -2.58. The molecule has 1 aromatic rings. The number of nitrogens with zero attached hydrogens (tertiary/aromatic N) is 2. The van der Waals surface area contributed by atoms with E-state index in [0.29, 0.717) is 18.1 Å². The molecule has 2 heterocycles. The van der Waals surface area contributed by atoms with Crippen LogP contribution in [0.4, 0.5) is 0 Å². The molecule has 1 N–H and O–H groups in total. The molecule has 2 rings (SSSR count). The van der Waals surface area contributed by atoms with Crippen LogP contribution in [0.3, 0.4) is 0 Å². The summed E-state index contributed by atoms with van der Waals surface area (Å²) in [5.74, 6) is 0.740. The van der Waals surface area contributed by atoms with Crippen molar-refractivity contribution in [3.8, 4) is 0 Å². The highest BCUT2D eigenvalue weighted by molar-refractivity contribution is 7.09. The maximum Gasteiger partial charge on any atom is 0.109 e. The van der Waals surface area contributed by atoms with Gasteiger partial charge in [-0.3, -0.25) is 4.90 Å². The minimum atomic E-state index is 0.443. The molecule has 0 aromatic carbocycles. The Morgan fingerprint density at radius 1 is 1.47 bits per heavy atom. The van der Waals surface area contributed by atoms with Gasteiger partial charge in [0, 0.05) is 36.8 Å². The molecule has 4 unspecified atom stereocenters. The third kappa shape index (κ3) is 3.36. The molecule has 0 bridgehead atoms. The Morgan fingerprint density at radius 2 is 2.26 bits per heavy atom. The summed E-state index contributed by atoms with van der Waals surface area (Å²) in [7, 11) is 0. The van der Waals surface area contributed by atoms with Crippen LogP contribution in [0.2, 0.25) is 0 Å². The molecule has 1 aliphatic heterocycles. The molecule has 3 nitrogen and oxygen atoms in total. The zero-order valence-corrected chi connectivity index (χ0v) is 13.4. The third-order valence-electron chi connectivity index (χ3n) is 4.60. The maximum atomic E-state index is 4.51. The number of rotatable bonds is 5. The van der Waals surface area contributed by atoms with E-state index in [-0.39, 0.29) is 0 Å². The van der Waals surface area contributed by atoms with Crippen molar-refractivity contribution < 1.29 is 0 Å². The lowest BCUT2D eigenvalue weighted by atomic mass is 9.94. The van der Waals surface area contributed by atoms with Crippen molar-refractivity contribution >= 4 is 11.3 Å². The van der Waals surface area contributed by atoms with Crippen LogP contribution in [0, 0.1) is 5.92 Å². The van der Waals surface area contributed by atoms with E-state index in [4.69, 9.17) is 0 Å². The Labute approximate surface area is 121 Å². The van der Waals surface area contributed by atoms with Crippen LogP contribution in [-0.2, 0) is 0 Å². The second-order valence-corrected chi connectivity index (χ2v) is 6.63. The predicted molar refractivity (Wildman–Crippen MR) is 82.6 cm³/mol. The first kappa shape index (κ1) is 14.9. The Bertz CT molecular complexity index is 365. The van der Waals surface area contributed by atoms with Crippen molar-refractivity contribution in [1.29, 1.82) is 0 Å². The molecule has 4 atom stereocenters. The van der Waals surface area contributed by atoms with E-state index in [1.165, 1.54) is 17.8 Å². The van der Waals surface area contributed by atoms with E-state index in [0.717, 1.165) is 19.0 Å². The van der Waals surface area contributed by atoms with Gasteiger partial charge in [-0.15, -0.1) is 11.3 Å². The molecule has 108 valence electrons. The molecule has 0 spiro atoms. The number of piperazine rings is 1. The monoisotopic (exact) mass is 281 g/mol. The molecular formula is C15H27N3S. The smallest absolute Gasteiger partial charge is 0.109 e. The first-order chi connectivity index (χ1) is 9.17. The molecule has 0 radical (unpaired) electrons. The summed E-state index contributed by atoms with van der Waals surface area (Å²) in [5.41, 5.74) is 0. The van der Waals surface area contributed by atoms with E-state index in [1.54, 1.807) is 11.3 Å². The van der Waals surface area contributed by atoms with Gasteiger partial charge in [-0.05, 0) is 19.3 Å². The number of nitrogens with one attached hydrogen (secondary N) is 1. The fourth-order valence-corrected chi connectivity index (χ4v) is 3.66. The van der Waals surface area contributed by atoms with Gasteiger partial charge in [-0.25, -0.2) is 4.98 Å². The Kier molecular flexibility index (Phi) is 5.37. The molecule has 0 aliphatic carbocycles. The van der Waals surface area contributed by atoms with Gasteiger partial charge in [0.1, 0.15) is 5.01 Å². The van der Waals surface area contributed by atoms with Crippen molar-refractivity contribution in [1.82, 2.24) is 15.2 Å². The first-order valence-corrected chi connectivity index (χ1v) is 8.43. The Balaban J connectivity index is 2.09. The maximum absolute atomic E-state index is 4.51. The molecular weight excluding hydrogens is 254 g/mol. The average molecular weight is 281 g/mol. The second-order valence-electron chi connectivity index (χ2n) is 5.71. The van der Waals surface area contributed by atoms with Crippen molar-refractivity contribution in [3.63, 3.8) is 0 Å². The standard InChI is InChI=1S/C15H27N3S/c1-5-11(3)14-10-18(13(6-2)9-17-14)12(4)15-16-7-8-19-15/h7-8,11-14,17H,5-6,9-10H2,1-4H3. The van der Waals surface area contributed by atoms with Crippen LogP contribution in [0.5, 0.6) is 0 Å². The second kappa shape index (κ2) is 6.82. The molecule has 1 aliphatic rings. The van der Waals surface area contributed by atoms with Crippen LogP contribution in [0.15, 0.2) is 11.6 Å². The predicted octanol–water partition coefficient (Wildman–Crippen LogP) is 3.30. The van der Waals surface area contributed by atoms with E-state index in [1.807, 2.05) is 6.20 Å². The third-order valence-corrected chi connectivity index (χ3v) is 5.55. The van der Waals surface area contributed by atoms with Crippen LogP contribution >= 0.6 is 11.3 Å². The van der Waals surface area contributed by atoms with Gasteiger partial charge >= 0.3 is 0 Å². The minimum absolute atomic E-state index is 0.443. The largest absolute Gasteiger partial charge is 0.311 e. The topological polar surface area (TPSA) is 28.2 Å². The fourth-order valence-electron chi connectivity index (χ4n) is 2.95. The highest BCUT2D eigenvalue weighted by Gasteiger charge is 2.33. The summed E-state index contributed by atoms with van der Waals surface area (Å²) in [6.07, 6.45) is 4.37. The van der Waals surface area contributed by atoms with Gasteiger partial charge in [0.15, 0.2) is 0 Å². The van der Waals surface area contributed by atoms with E-state index in [9.17, 15) is 0 Å². The van der Waals surface area contributed by atoms with Crippen molar-refractivity contribution in [3.05, 3.63) is 16.6 Å². The molecule has 0 saturated carbocycles. The lowest BCUT2D eigenvalue weighted by Gasteiger charge is -2.44. The van der Waals surface area contributed by atoms with Gasteiger partial charge in [0.25, 0.3) is 0 Å². The van der Waals surface area contributed by atoms with Gasteiger partial charge in [-0.1, -0.05) is 27.2 Å². The highest BCUT2D eigenvalue weighted by atomic mass is 32.1. The molecule has 1 saturated heterocycles. The number of aromatic nitrogens is 1. The molecule has 1 fully saturated rings. The lowest BCUT2D eigenvalue weighted by molar-refractivity contribution is 0.0705.